The molecule has 0 bridgehead atoms. The molecule has 7 heteroatoms. The van der Waals surface area contributed by atoms with E-state index in [0.29, 0.717) is 11.9 Å². The van der Waals surface area contributed by atoms with Crippen LogP contribution in [0.2, 0.25) is 5.28 Å². The SMILES string of the molecule is Clc1nc(Nc2cccc(I)c2)nc(N2CCCC2)n1. The first-order valence-electron chi connectivity index (χ1n) is 6.40. The fourth-order valence-electron chi connectivity index (χ4n) is 2.15. The standard InChI is InChI=1S/C13H13ClIN5/c14-11-17-12(16-10-5-3-4-9(15)8-10)19-13(18-11)20-6-1-2-7-20/h3-5,8H,1-2,6-7H2,(H,16,17,18,19). The molecule has 104 valence electrons. The van der Waals surface area contributed by atoms with Crippen molar-refractivity contribution in [3.63, 3.8) is 0 Å². The Balaban J connectivity index is 1.85. The third-order valence-corrected chi connectivity index (χ3v) is 3.91. The molecule has 0 amide bonds. The Labute approximate surface area is 135 Å². The Morgan fingerprint density at radius 3 is 2.70 bits per heavy atom. The predicted molar refractivity (Wildman–Crippen MR) is 88.7 cm³/mol. The summed E-state index contributed by atoms with van der Waals surface area (Å²) >= 11 is 8.26. The van der Waals surface area contributed by atoms with Crippen LogP contribution in [-0.4, -0.2) is 28.0 Å². The molecule has 0 saturated carbocycles. The molecule has 5 nitrogen and oxygen atoms in total. The minimum atomic E-state index is 0.218. The number of hydrogen-bond acceptors (Lipinski definition) is 5. The highest BCUT2D eigenvalue weighted by molar-refractivity contribution is 14.1. The maximum Gasteiger partial charge on any atom is 0.233 e. The van der Waals surface area contributed by atoms with Crippen molar-refractivity contribution >= 4 is 51.8 Å². The van der Waals surface area contributed by atoms with Crippen LogP contribution < -0.4 is 10.2 Å². The monoisotopic (exact) mass is 401 g/mol. The lowest BCUT2D eigenvalue weighted by Gasteiger charge is -2.15. The highest BCUT2D eigenvalue weighted by atomic mass is 127. The largest absolute Gasteiger partial charge is 0.341 e. The zero-order valence-electron chi connectivity index (χ0n) is 10.7. The molecule has 20 heavy (non-hydrogen) atoms. The summed E-state index contributed by atoms with van der Waals surface area (Å²) in [6.45, 7) is 1.95. The molecule has 1 aliphatic rings. The van der Waals surface area contributed by atoms with Crippen LogP contribution in [0.5, 0.6) is 0 Å². The van der Waals surface area contributed by atoms with Crippen molar-refractivity contribution in [2.24, 2.45) is 0 Å². The molecule has 1 N–H and O–H groups in total. The quantitative estimate of drug-likeness (QED) is 0.798. The highest BCUT2D eigenvalue weighted by Crippen LogP contribution is 2.21. The molecule has 1 aromatic carbocycles. The second-order valence-electron chi connectivity index (χ2n) is 4.56. The van der Waals surface area contributed by atoms with E-state index in [1.807, 2.05) is 24.3 Å². The van der Waals surface area contributed by atoms with Gasteiger partial charge in [0.25, 0.3) is 0 Å². The van der Waals surface area contributed by atoms with Gasteiger partial charge >= 0.3 is 0 Å². The Hall–Kier alpha value is -1.15. The zero-order chi connectivity index (χ0) is 13.9. The van der Waals surface area contributed by atoms with Gasteiger partial charge in [-0.25, -0.2) is 0 Å². The molecule has 1 fully saturated rings. The Morgan fingerprint density at radius 2 is 1.95 bits per heavy atom. The van der Waals surface area contributed by atoms with Crippen LogP contribution in [0.4, 0.5) is 17.6 Å². The van der Waals surface area contributed by atoms with Gasteiger partial charge < -0.3 is 10.2 Å². The number of anilines is 3. The fraction of sp³-hybridized carbons (Fsp3) is 0.308. The smallest absolute Gasteiger partial charge is 0.233 e. The molecule has 0 atom stereocenters. The maximum absolute atomic E-state index is 6.00. The molecule has 1 aliphatic heterocycles. The summed E-state index contributed by atoms with van der Waals surface area (Å²) < 4.78 is 1.15. The van der Waals surface area contributed by atoms with Gasteiger partial charge in [-0.05, 0) is 65.2 Å². The van der Waals surface area contributed by atoms with Crippen molar-refractivity contribution in [3.8, 4) is 0 Å². The third kappa shape index (κ3) is 3.29. The number of rotatable bonds is 3. The van der Waals surface area contributed by atoms with E-state index in [1.54, 1.807) is 0 Å². The number of benzene rings is 1. The molecule has 3 rings (SSSR count). The van der Waals surface area contributed by atoms with Crippen molar-refractivity contribution in [1.29, 1.82) is 0 Å². The van der Waals surface area contributed by atoms with Crippen molar-refractivity contribution < 1.29 is 0 Å². The first-order chi connectivity index (χ1) is 9.70. The second kappa shape index (κ2) is 6.09. The maximum atomic E-state index is 6.00. The zero-order valence-corrected chi connectivity index (χ0v) is 13.6. The summed E-state index contributed by atoms with van der Waals surface area (Å²) in [4.78, 5) is 14.9. The summed E-state index contributed by atoms with van der Waals surface area (Å²) in [6.07, 6.45) is 2.34. The topological polar surface area (TPSA) is 53.9 Å². The van der Waals surface area contributed by atoms with Gasteiger partial charge in [0.2, 0.25) is 17.2 Å². The average Bonchev–Trinajstić information content (AvgIpc) is 2.91. The van der Waals surface area contributed by atoms with E-state index in [9.17, 15) is 0 Å². The Morgan fingerprint density at radius 1 is 1.15 bits per heavy atom. The van der Waals surface area contributed by atoms with Crippen LogP contribution in [0.15, 0.2) is 24.3 Å². The van der Waals surface area contributed by atoms with Gasteiger partial charge in [0.05, 0.1) is 0 Å². The van der Waals surface area contributed by atoms with E-state index in [0.717, 1.165) is 22.3 Å². The van der Waals surface area contributed by atoms with Crippen LogP contribution in [-0.2, 0) is 0 Å². The van der Waals surface area contributed by atoms with Gasteiger partial charge in [-0.15, -0.1) is 0 Å². The third-order valence-electron chi connectivity index (χ3n) is 3.07. The van der Waals surface area contributed by atoms with Crippen LogP contribution in [0.25, 0.3) is 0 Å². The second-order valence-corrected chi connectivity index (χ2v) is 6.14. The van der Waals surface area contributed by atoms with Crippen LogP contribution in [0.1, 0.15) is 12.8 Å². The predicted octanol–water partition coefficient (Wildman–Crippen LogP) is 3.47. The molecule has 0 unspecified atom stereocenters. The van der Waals surface area contributed by atoms with Crippen molar-refractivity contribution in [2.75, 3.05) is 23.3 Å². The number of halogens is 2. The number of hydrogen-bond donors (Lipinski definition) is 1. The first-order valence-corrected chi connectivity index (χ1v) is 7.85. The van der Waals surface area contributed by atoms with Crippen LogP contribution >= 0.6 is 34.2 Å². The minimum Gasteiger partial charge on any atom is -0.341 e. The lowest BCUT2D eigenvalue weighted by Crippen LogP contribution is -2.21. The first kappa shape index (κ1) is 13.8. The summed E-state index contributed by atoms with van der Waals surface area (Å²) in [5.41, 5.74) is 0.937. The van der Waals surface area contributed by atoms with Crippen molar-refractivity contribution in [3.05, 3.63) is 33.1 Å². The minimum absolute atomic E-state index is 0.218. The van der Waals surface area contributed by atoms with Gasteiger partial charge in [0.15, 0.2) is 0 Å². The molecular formula is C13H13ClIN5. The average molecular weight is 402 g/mol. The molecule has 0 radical (unpaired) electrons. The Kier molecular flexibility index (Phi) is 4.21. The number of aromatic nitrogens is 3. The molecule has 0 spiro atoms. The molecule has 2 heterocycles. The van der Waals surface area contributed by atoms with E-state index < -0.39 is 0 Å². The summed E-state index contributed by atoms with van der Waals surface area (Å²) in [5.74, 6) is 1.13. The van der Waals surface area contributed by atoms with E-state index in [1.165, 1.54) is 12.8 Å². The highest BCUT2D eigenvalue weighted by Gasteiger charge is 2.17. The van der Waals surface area contributed by atoms with Gasteiger partial charge in [0.1, 0.15) is 0 Å². The van der Waals surface area contributed by atoms with Crippen molar-refractivity contribution in [2.45, 2.75) is 12.8 Å². The Bertz CT molecular complexity index is 615. The molecular weight excluding hydrogens is 389 g/mol. The molecule has 1 aromatic heterocycles. The van der Waals surface area contributed by atoms with E-state index in [-0.39, 0.29) is 5.28 Å². The summed E-state index contributed by atoms with van der Waals surface area (Å²) in [5, 5.41) is 3.39. The summed E-state index contributed by atoms with van der Waals surface area (Å²) in [6, 6.07) is 8.00. The normalized spacial score (nSPS) is 14.6. The summed E-state index contributed by atoms with van der Waals surface area (Å²) in [7, 11) is 0. The number of nitrogens with one attached hydrogen (secondary N) is 1. The fourth-order valence-corrected chi connectivity index (χ4v) is 2.85. The van der Waals surface area contributed by atoms with Crippen LogP contribution in [0.3, 0.4) is 0 Å². The lowest BCUT2D eigenvalue weighted by molar-refractivity contribution is 0.883. The van der Waals surface area contributed by atoms with Gasteiger partial charge in [-0.3, -0.25) is 0 Å². The van der Waals surface area contributed by atoms with Crippen LogP contribution in [0, 0.1) is 3.57 Å². The molecule has 0 aliphatic carbocycles. The lowest BCUT2D eigenvalue weighted by atomic mass is 10.3. The van der Waals surface area contributed by atoms with Crippen molar-refractivity contribution in [1.82, 2.24) is 15.0 Å². The molecule has 1 saturated heterocycles. The van der Waals surface area contributed by atoms with E-state index in [2.05, 4.69) is 47.8 Å². The van der Waals surface area contributed by atoms with E-state index in [4.69, 9.17) is 11.6 Å². The van der Waals surface area contributed by atoms with E-state index >= 15 is 0 Å². The molecule has 2 aromatic rings. The van der Waals surface area contributed by atoms with Gasteiger partial charge in [0, 0.05) is 22.3 Å². The van der Waals surface area contributed by atoms with Gasteiger partial charge in [-0.1, -0.05) is 6.07 Å². The number of nitrogens with zero attached hydrogens (tertiary/aromatic N) is 4. The van der Waals surface area contributed by atoms with Gasteiger partial charge in [-0.2, -0.15) is 15.0 Å².